The highest BCUT2D eigenvalue weighted by atomic mass is 28.3. The summed E-state index contributed by atoms with van der Waals surface area (Å²) in [5.41, 5.74) is -0.388. The second kappa shape index (κ2) is 11.6. The highest BCUT2D eigenvalue weighted by molar-refractivity contribution is 6.76. The number of halogens is 2. The number of hydrogen-bond donors (Lipinski definition) is 1. The molecule has 1 fully saturated rings. The standard InChI is InChI=1S/C25H34F2N2O6Si/c1-36(2,3)15-14-34-17-29-22(31)7-6-21(24(29)33)28-11-8-18-16-19(4-5-20(18)23(28)32)35-13-10-25(26,27)9-12-30/h4-5,8,11,16,21,30H,6-7,9-10,12-15,17H2,1-3H3. The lowest BCUT2D eigenvalue weighted by Crippen LogP contribution is -2.48. The summed E-state index contributed by atoms with van der Waals surface area (Å²) in [6.45, 7) is 6.13. The van der Waals surface area contributed by atoms with E-state index in [1.807, 2.05) is 0 Å². The largest absolute Gasteiger partial charge is 0.493 e. The fourth-order valence-corrected chi connectivity index (χ4v) is 4.69. The number of nitrogens with zero attached hydrogens (tertiary/aromatic N) is 2. The minimum Gasteiger partial charge on any atom is -0.493 e. The number of carbonyl (C=O) groups excluding carboxylic acids is 2. The van der Waals surface area contributed by atoms with Gasteiger partial charge >= 0.3 is 0 Å². The maximum Gasteiger partial charge on any atom is 0.259 e. The van der Waals surface area contributed by atoms with Gasteiger partial charge in [0.2, 0.25) is 5.91 Å². The third kappa shape index (κ3) is 7.20. The number of ether oxygens (including phenoxy) is 2. The van der Waals surface area contributed by atoms with Crippen LogP contribution >= 0.6 is 0 Å². The lowest BCUT2D eigenvalue weighted by molar-refractivity contribution is -0.157. The molecule has 2 heterocycles. The Hall–Kier alpha value is -2.63. The molecule has 36 heavy (non-hydrogen) atoms. The average molecular weight is 525 g/mol. The summed E-state index contributed by atoms with van der Waals surface area (Å²) in [7, 11) is -1.31. The number of pyridine rings is 1. The molecule has 2 amide bonds. The van der Waals surface area contributed by atoms with Crippen LogP contribution in [0.15, 0.2) is 35.3 Å². The van der Waals surface area contributed by atoms with Crippen molar-refractivity contribution in [2.45, 2.75) is 63.3 Å². The van der Waals surface area contributed by atoms with Crippen molar-refractivity contribution >= 4 is 30.7 Å². The van der Waals surface area contributed by atoms with Crippen molar-refractivity contribution in [3.63, 3.8) is 0 Å². The fraction of sp³-hybridized carbons (Fsp3) is 0.560. The predicted molar refractivity (Wildman–Crippen MR) is 134 cm³/mol. The van der Waals surface area contributed by atoms with Gasteiger partial charge < -0.3 is 19.1 Å². The zero-order valence-electron chi connectivity index (χ0n) is 21.0. The topological polar surface area (TPSA) is 98.1 Å². The van der Waals surface area contributed by atoms with Crippen molar-refractivity contribution in [3.05, 3.63) is 40.8 Å². The molecule has 1 aliphatic heterocycles. The first-order chi connectivity index (χ1) is 16.9. The molecule has 0 bridgehead atoms. The van der Waals surface area contributed by atoms with E-state index >= 15 is 0 Å². The average Bonchev–Trinajstić information content (AvgIpc) is 2.78. The van der Waals surface area contributed by atoms with Crippen LogP contribution in [-0.2, 0) is 14.3 Å². The minimum atomic E-state index is -3.01. The first kappa shape index (κ1) is 27.9. The SMILES string of the molecule is C[Si](C)(C)CCOCN1C(=O)CCC(n2ccc3cc(OCCC(F)(F)CCO)ccc3c2=O)C1=O. The van der Waals surface area contributed by atoms with E-state index in [2.05, 4.69) is 19.6 Å². The van der Waals surface area contributed by atoms with Gasteiger partial charge in [0.25, 0.3) is 17.4 Å². The number of alkyl halides is 2. The fourth-order valence-electron chi connectivity index (χ4n) is 3.93. The van der Waals surface area contributed by atoms with Gasteiger partial charge in [-0.15, -0.1) is 0 Å². The van der Waals surface area contributed by atoms with Crippen LogP contribution in [0.1, 0.15) is 31.7 Å². The molecule has 198 valence electrons. The van der Waals surface area contributed by atoms with Crippen molar-refractivity contribution in [2.24, 2.45) is 0 Å². The van der Waals surface area contributed by atoms with E-state index in [-0.39, 0.29) is 37.6 Å². The van der Waals surface area contributed by atoms with Gasteiger partial charge in [-0.05, 0) is 42.1 Å². The number of imide groups is 1. The second-order valence-corrected chi connectivity index (χ2v) is 15.9. The number of likely N-dealkylation sites (tertiary alicyclic amines) is 1. The van der Waals surface area contributed by atoms with Crippen molar-refractivity contribution in [2.75, 3.05) is 26.6 Å². The van der Waals surface area contributed by atoms with Gasteiger partial charge in [-0.25, -0.2) is 8.78 Å². The van der Waals surface area contributed by atoms with Crippen LogP contribution in [0, 0.1) is 0 Å². The number of aliphatic hydroxyl groups is 1. The van der Waals surface area contributed by atoms with E-state index in [1.54, 1.807) is 12.1 Å². The van der Waals surface area contributed by atoms with Gasteiger partial charge in [0.15, 0.2) is 0 Å². The van der Waals surface area contributed by atoms with Gasteiger partial charge in [-0.1, -0.05) is 19.6 Å². The molecule has 2 aromatic rings. The Labute approximate surface area is 209 Å². The number of amides is 2. The van der Waals surface area contributed by atoms with E-state index in [0.29, 0.717) is 23.1 Å². The molecule has 8 nitrogen and oxygen atoms in total. The molecule has 0 aliphatic carbocycles. The number of benzene rings is 1. The Bertz CT molecular complexity index is 1150. The van der Waals surface area contributed by atoms with Crippen molar-refractivity contribution in [1.82, 2.24) is 9.47 Å². The first-order valence-electron chi connectivity index (χ1n) is 12.1. The van der Waals surface area contributed by atoms with E-state index in [9.17, 15) is 23.2 Å². The molecule has 11 heteroatoms. The monoisotopic (exact) mass is 524 g/mol. The number of piperidine rings is 1. The molecule has 1 unspecified atom stereocenters. The Balaban J connectivity index is 1.70. The number of fused-ring (bicyclic) bond motifs is 1. The zero-order valence-corrected chi connectivity index (χ0v) is 22.0. The summed E-state index contributed by atoms with van der Waals surface area (Å²) in [4.78, 5) is 39.7. The van der Waals surface area contributed by atoms with Gasteiger partial charge in [0, 0.05) is 52.1 Å². The molecule has 0 saturated carbocycles. The minimum absolute atomic E-state index is 0.126. The van der Waals surface area contributed by atoms with Gasteiger partial charge in [0.1, 0.15) is 18.5 Å². The summed E-state index contributed by atoms with van der Waals surface area (Å²) < 4.78 is 39.4. The van der Waals surface area contributed by atoms with Crippen LogP contribution in [-0.4, -0.2) is 66.9 Å². The summed E-state index contributed by atoms with van der Waals surface area (Å²) in [5.74, 6) is -3.46. The lowest BCUT2D eigenvalue weighted by Gasteiger charge is -2.31. The van der Waals surface area contributed by atoms with Crippen molar-refractivity contribution in [3.8, 4) is 5.75 Å². The molecule has 3 rings (SSSR count). The Morgan fingerprint density at radius 1 is 1.11 bits per heavy atom. The zero-order chi connectivity index (χ0) is 26.5. The Kier molecular flexibility index (Phi) is 9.01. The number of rotatable bonds is 12. The summed E-state index contributed by atoms with van der Waals surface area (Å²) in [6, 6.07) is 6.38. The number of hydrogen-bond acceptors (Lipinski definition) is 6. The van der Waals surface area contributed by atoms with Gasteiger partial charge in [0.05, 0.1) is 6.61 Å². The quantitative estimate of drug-likeness (QED) is 0.258. The molecule has 1 aromatic heterocycles. The highest BCUT2D eigenvalue weighted by Crippen LogP contribution is 2.26. The molecular weight excluding hydrogens is 490 g/mol. The Morgan fingerprint density at radius 2 is 1.86 bits per heavy atom. The van der Waals surface area contributed by atoms with E-state index in [4.69, 9.17) is 14.6 Å². The molecule has 1 aliphatic rings. The third-order valence-electron chi connectivity index (χ3n) is 6.15. The maximum absolute atomic E-state index is 13.5. The summed E-state index contributed by atoms with van der Waals surface area (Å²) in [6.07, 6.45) is 0.700. The van der Waals surface area contributed by atoms with Crippen LogP contribution in [0.25, 0.3) is 10.8 Å². The summed E-state index contributed by atoms with van der Waals surface area (Å²) in [5, 5.41) is 9.59. The smallest absolute Gasteiger partial charge is 0.259 e. The highest BCUT2D eigenvalue weighted by Gasteiger charge is 2.36. The molecule has 1 N–H and O–H groups in total. The van der Waals surface area contributed by atoms with Crippen molar-refractivity contribution in [1.29, 1.82) is 0 Å². The molecule has 0 spiro atoms. The Morgan fingerprint density at radius 3 is 2.56 bits per heavy atom. The third-order valence-corrected chi connectivity index (χ3v) is 7.86. The van der Waals surface area contributed by atoms with Gasteiger partial charge in [-0.2, -0.15) is 0 Å². The van der Waals surface area contributed by atoms with Crippen LogP contribution in [0.5, 0.6) is 5.75 Å². The molecular formula is C25H34F2N2O6Si. The van der Waals surface area contributed by atoms with Crippen molar-refractivity contribution < 1.29 is 33.0 Å². The molecule has 0 radical (unpaired) electrons. The van der Waals surface area contributed by atoms with E-state index in [1.165, 1.54) is 22.9 Å². The van der Waals surface area contributed by atoms with E-state index < -0.39 is 45.4 Å². The lowest BCUT2D eigenvalue weighted by atomic mass is 10.0. The number of carbonyl (C=O) groups is 2. The summed E-state index contributed by atoms with van der Waals surface area (Å²) >= 11 is 0. The second-order valence-electron chi connectivity index (χ2n) is 10.3. The first-order valence-corrected chi connectivity index (χ1v) is 15.8. The molecule has 1 aromatic carbocycles. The van der Waals surface area contributed by atoms with Gasteiger partial charge in [-0.3, -0.25) is 19.3 Å². The number of aliphatic hydroxyl groups excluding tert-OH is 1. The normalized spacial score (nSPS) is 17.2. The molecule has 1 saturated heterocycles. The van der Waals surface area contributed by atoms with Crippen LogP contribution < -0.4 is 10.3 Å². The predicted octanol–water partition coefficient (Wildman–Crippen LogP) is 3.79. The van der Waals surface area contributed by atoms with Crippen LogP contribution in [0.2, 0.25) is 25.7 Å². The molecule has 1 atom stereocenters. The van der Waals surface area contributed by atoms with Crippen LogP contribution in [0.3, 0.4) is 0 Å². The maximum atomic E-state index is 13.5. The number of aromatic nitrogens is 1. The van der Waals surface area contributed by atoms with Crippen LogP contribution in [0.4, 0.5) is 8.78 Å². The van der Waals surface area contributed by atoms with E-state index in [0.717, 1.165) is 10.9 Å².